The molecule has 4 aromatic heterocycles. The van der Waals surface area contributed by atoms with E-state index in [1.54, 1.807) is 6.20 Å². The molecular formula is C25H16N4. The zero-order valence-corrected chi connectivity index (χ0v) is 15.5. The molecule has 2 aromatic carbocycles. The Bertz CT molecular complexity index is 1510. The number of benzene rings is 2. The molecule has 0 aliphatic rings. The highest BCUT2D eigenvalue weighted by atomic mass is 15.0. The first-order valence-electron chi connectivity index (χ1n) is 9.52. The van der Waals surface area contributed by atoms with E-state index in [2.05, 4.69) is 63.5 Å². The van der Waals surface area contributed by atoms with E-state index in [1.165, 1.54) is 0 Å². The van der Waals surface area contributed by atoms with Gasteiger partial charge in [-0.1, -0.05) is 30.3 Å². The van der Waals surface area contributed by atoms with Crippen molar-refractivity contribution in [3.8, 4) is 22.4 Å². The number of fused-ring (bicyclic) bond motifs is 3. The highest BCUT2D eigenvalue weighted by molar-refractivity contribution is 5.91. The molecule has 0 bridgehead atoms. The molecule has 0 aliphatic carbocycles. The summed E-state index contributed by atoms with van der Waals surface area (Å²) < 4.78 is 2.00. The Morgan fingerprint density at radius 2 is 1.52 bits per heavy atom. The number of pyridine rings is 3. The fourth-order valence-electron chi connectivity index (χ4n) is 3.78. The molecule has 4 heteroatoms. The Kier molecular flexibility index (Phi) is 3.43. The lowest BCUT2D eigenvalue weighted by Gasteiger charge is -2.07. The summed E-state index contributed by atoms with van der Waals surface area (Å²) in [5, 5.41) is 3.42. The van der Waals surface area contributed by atoms with Gasteiger partial charge < -0.3 is 4.40 Å². The summed E-state index contributed by atoms with van der Waals surface area (Å²) in [6.07, 6.45) is 9.63. The molecule has 4 heterocycles. The summed E-state index contributed by atoms with van der Waals surface area (Å²) in [5.41, 5.74) is 6.19. The van der Waals surface area contributed by atoms with Gasteiger partial charge in [0, 0.05) is 52.9 Å². The predicted molar refractivity (Wildman–Crippen MR) is 117 cm³/mol. The van der Waals surface area contributed by atoms with Crippen molar-refractivity contribution >= 4 is 27.3 Å². The summed E-state index contributed by atoms with van der Waals surface area (Å²) in [5.74, 6) is 0. The van der Waals surface area contributed by atoms with Crippen LogP contribution >= 0.6 is 0 Å². The van der Waals surface area contributed by atoms with Crippen LogP contribution in [-0.4, -0.2) is 19.4 Å². The van der Waals surface area contributed by atoms with E-state index in [0.29, 0.717) is 0 Å². The van der Waals surface area contributed by atoms with Gasteiger partial charge >= 0.3 is 0 Å². The standard InChI is InChI=1S/C25H16N4/c1-2-4-23-18(3-1)12-22(16-27-23)17-5-6-20-15-28-24(13-21(20)11-17)19-7-9-29-10-8-26-25(29)14-19/h1-16H. The van der Waals surface area contributed by atoms with Gasteiger partial charge in [-0.05, 0) is 47.3 Å². The number of hydrogen-bond acceptors (Lipinski definition) is 3. The van der Waals surface area contributed by atoms with Crippen molar-refractivity contribution in [2.45, 2.75) is 0 Å². The van der Waals surface area contributed by atoms with Crippen LogP contribution in [0.25, 0.3) is 49.7 Å². The van der Waals surface area contributed by atoms with Crippen LogP contribution in [0.1, 0.15) is 0 Å². The molecule has 0 aliphatic heterocycles. The van der Waals surface area contributed by atoms with E-state index in [-0.39, 0.29) is 0 Å². The first-order chi connectivity index (χ1) is 14.3. The molecule has 0 unspecified atom stereocenters. The van der Waals surface area contributed by atoms with Gasteiger partial charge in [0.25, 0.3) is 0 Å². The van der Waals surface area contributed by atoms with Crippen LogP contribution < -0.4 is 0 Å². The van der Waals surface area contributed by atoms with Gasteiger partial charge in [0.1, 0.15) is 5.65 Å². The molecule has 6 aromatic rings. The zero-order valence-electron chi connectivity index (χ0n) is 15.5. The zero-order chi connectivity index (χ0) is 19.2. The second kappa shape index (κ2) is 6.24. The SMILES string of the molecule is c1ccc2ncc(-c3ccc4cnc(-c5ccn6ccnc6c5)cc4c3)cc2c1. The average Bonchev–Trinajstić information content (AvgIpc) is 3.26. The van der Waals surface area contributed by atoms with Crippen LogP contribution in [0.2, 0.25) is 0 Å². The molecule has 136 valence electrons. The molecule has 0 fully saturated rings. The van der Waals surface area contributed by atoms with Gasteiger partial charge in [-0.3, -0.25) is 9.97 Å². The van der Waals surface area contributed by atoms with Crippen molar-refractivity contribution in [2.24, 2.45) is 0 Å². The second-order valence-electron chi connectivity index (χ2n) is 7.16. The molecule has 0 radical (unpaired) electrons. The summed E-state index contributed by atoms with van der Waals surface area (Å²) >= 11 is 0. The minimum Gasteiger partial charge on any atom is -0.307 e. The van der Waals surface area contributed by atoms with Crippen LogP contribution in [0.5, 0.6) is 0 Å². The number of para-hydroxylation sites is 1. The Morgan fingerprint density at radius 3 is 2.52 bits per heavy atom. The first kappa shape index (κ1) is 16.0. The van der Waals surface area contributed by atoms with E-state index >= 15 is 0 Å². The second-order valence-corrected chi connectivity index (χ2v) is 7.16. The Hall–Kier alpha value is -4.05. The fourth-order valence-corrected chi connectivity index (χ4v) is 3.78. The van der Waals surface area contributed by atoms with Crippen molar-refractivity contribution in [3.05, 3.63) is 97.7 Å². The Morgan fingerprint density at radius 1 is 0.586 bits per heavy atom. The van der Waals surface area contributed by atoms with E-state index < -0.39 is 0 Å². The number of imidazole rings is 1. The molecule has 0 spiro atoms. The van der Waals surface area contributed by atoms with Gasteiger partial charge in [-0.25, -0.2) is 4.98 Å². The minimum absolute atomic E-state index is 0.917. The van der Waals surface area contributed by atoms with Gasteiger partial charge in [-0.2, -0.15) is 0 Å². The van der Waals surface area contributed by atoms with Gasteiger partial charge in [0.05, 0.1) is 11.2 Å². The van der Waals surface area contributed by atoms with Crippen LogP contribution in [0, 0.1) is 0 Å². The molecule has 6 rings (SSSR count). The van der Waals surface area contributed by atoms with E-state index in [1.807, 2.05) is 47.4 Å². The molecule has 4 nitrogen and oxygen atoms in total. The monoisotopic (exact) mass is 372 g/mol. The average molecular weight is 372 g/mol. The topological polar surface area (TPSA) is 43.1 Å². The lowest BCUT2D eigenvalue weighted by atomic mass is 10.0. The Balaban J connectivity index is 1.47. The number of aromatic nitrogens is 4. The summed E-state index contributed by atoms with van der Waals surface area (Å²) in [7, 11) is 0. The van der Waals surface area contributed by atoms with Crippen molar-refractivity contribution in [1.29, 1.82) is 0 Å². The maximum atomic E-state index is 4.66. The molecule has 0 amide bonds. The molecule has 29 heavy (non-hydrogen) atoms. The molecule has 0 N–H and O–H groups in total. The van der Waals surface area contributed by atoms with Gasteiger partial charge in [-0.15, -0.1) is 0 Å². The summed E-state index contributed by atoms with van der Waals surface area (Å²) in [6.45, 7) is 0. The number of nitrogens with zero attached hydrogens (tertiary/aromatic N) is 4. The lowest BCUT2D eigenvalue weighted by molar-refractivity contribution is 1.18. The van der Waals surface area contributed by atoms with Crippen molar-refractivity contribution in [1.82, 2.24) is 19.4 Å². The van der Waals surface area contributed by atoms with Crippen molar-refractivity contribution in [2.75, 3.05) is 0 Å². The van der Waals surface area contributed by atoms with Crippen LogP contribution in [0.4, 0.5) is 0 Å². The Labute approximate surface area is 167 Å². The van der Waals surface area contributed by atoms with Crippen molar-refractivity contribution in [3.63, 3.8) is 0 Å². The summed E-state index contributed by atoms with van der Waals surface area (Å²) in [4.78, 5) is 13.6. The highest BCUT2D eigenvalue weighted by Crippen LogP contribution is 2.28. The van der Waals surface area contributed by atoms with Crippen LogP contribution in [0.15, 0.2) is 97.7 Å². The summed E-state index contributed by atoms with van der Waals surface area (Å²) in [6, 6.07) is 23.1. The predicted octanol–water partition coefficient (Wildman–Crippen LogP) is 5.76. The minimum atomic E-state index is 0.917. The van der Waals surface area contributed by atoms with E-state index in [4.69, 9.17) is 0 Å². The molecule has 0 saturated heterocycles. The fraction of sp³-hybridized carbons (Fsp3) is 0. The van der Waals surface area contributed by atoms with Gasteiger partial charge in [0.2, 0.25) is 0 Å². The van der Waals surface area contributed by atoms with E-state index in [0.717, 1.165) is 49.7 Å². The lowest BCUT2D eigenvalue weighted by Crippen LogP contribution is -1.88. The maximum absolute atomic E-state index is 4.66. The maximum Gasteiger partial charge on any atom is 0.137 e. The third-order valence-corrected chi connectivity index (χ3v) is 5.34. The number of hydrogen-bond donors (Lipinski definition) is 0. The first-order valence-corrected chi connectivity index (χ1v) is 9.52. The largest absolute Gasteiger partial charge is 0.307 e. The molecular weight excluding hydrogens is 356 g/mol. The van der Waals surface area contributed by atoms with Crippen LogP contribution in [0.3, 0.4) is 0 Å². The smallest absolute Gasteiger partial charge is 0.137 e. The third kappa shape index (κ3) is 2.74. The normalized spacial score (nSPS) is 11.4. The quantitative estimate of drug-likeness (QED) is 0.388. The highest BCUT2D eigenvalue weighted by Gasteiger charge is 2.06. The van der Waals surface area contributed by atoms with Gasteiger partial charge in [0.15, 0.2) is 0 Å². The molecule has 0 atom stereocenters. The number of rotatable bonds is 2. The van der Waals surface area contributed by atoms with E-state index in [9.17, 15) is 0 Å². The molecule has 0 saturated carbocycles. The van der Waals surface area contributed by atoms with Crippen molar-refractivity contribution < 1.29 is 0 Å². The van der Waals surface area contributed by atoms with Crippen LogP contribution in [-0.2, 0) is 0 Å². The third-order valence-electron chi connectivity index (χ3n) is 5.34.